The number of ether oxygens (including phenoxy) is 1. The van der Waals surface area contributed by atoms with Crippen LogP contribution < -0.4 is 51.4 Å². The molecule has 0 aliphatic rings. The Morgan fingerprint density at radius 3 is 2.27 bits per heavy atom. The second kappa shape index (κ2) is 7.82. The summed E-state index contributed by atoms with van der Waals surface area (Å²) in [6.45, 7) is -2.57. The Morgan fingerprint density at radius 1 is 1.36 bits per heavy atom. The predicted octanol–water partition coefficient (Wildman–Crippen LogP) is -1.03. The van der Waals surface area contributed by atoms with E-state index in [1.807, 2.05) is 0 Å². The van der Waals surface area contributed by atoms with Crippen LogP contribution in [0.1, 0.15) is 6.92 Å². The second-order valence-electron chi connectivity index (χ2n) is 1.71. The van der Waals surface area contributed by atoms with E-state index in [1.54, 1.807) is 6.92 Å². The van der Waals surface area contributed by atoms with Crippen LogP contribution in [0, 0.1) is 0 Å². The molecule has 60 valence electrons. The fraction of sp³-hybridized carbons (Fsp3) is 0.600. The maximum Gasteiger partial charge on any atom is 1.00 e. The van der Waals surface area contributed by atoms with Gasteiger partial charge in [0, 0.05) is 6.61 Å². The number of halogens is 3. The van der Waals surface area contributed by atoms with Gasteiger partial charge < -0.3 is 17.7 Å². The Hall–Kier alpha value is 1.19. The topological polar surface area (TPSA) is 9.23 Å². The Morgan fingerprint density at radius 2 is 1.91 bits per heavy atom. The van der Waals surface area contributed by atoms with Gasteiger partial charge in [0.05, 0.1) is 6.61 Å². The van der Waals surface area contributed by atoms with Crippen LogP contribution in [0.2, 0.25) is 0 Å². The molecule has 0 bridgehead atoms. The van der Waals surface area contributed by atoms with Crippen molar-refractivity contribution < 1.29 is 69.1 Å². The minimum Gasteiger partial charge on any atom is -0.445 e. The smallest absolute Gasteiger partial charge is 0.445 e. The van der Waals surface area contributed by atoms with E-state index in [4.69, 9.17) is 0 Å². The summed E-state index contributed by atoms with van der Waals surface area (Å²) in [7, 11) is 0. The molecular weight excluding hydrogens is 183 g/mol. The molecule has 1 nitrogen and oxygen atoms in total. The Bertz CT molecular complexity index is 115. The van der Waals surface area contributed by atoms with Crippen molar-refractivity contribution in [2.45, 2.75) is 6.92 Å². The van der Waals surface area contributed by atoms with Crippen molar-refractivity contribution in [3.8, 4) is 0 Å². The van der Waals surface area contributed by atoms with E-state index in [9.17, 15) is 12.9 Å². The van der Waals surface area contributed by atoms with Gasteiger partial charge in [-0.1, -0.05) is 6.08 Å². The summed E-state index contributed by atoms with van der Waals surface area (Å²) in [6, 6.07) is 0. The minimum absolute atomic E-state index is 0. The van der Waals surface area contributed by atoms with Crippen molar-refractivity contribution in [2.24, 2.45) is 0 Å². The van der Waals surface area contributed by atoms with Crippen LogP contribution in [0.25, 0.3) is 0 Å². The first-order valence-electron chi connectivity index (χ1n) is 3.01. The average molecular weight is 192 g/mol. The first-order chi connectivity index (χ1) is 4.56. The van der Waals surface area contributed by atoms with Crippen molar-refractivity contribution in [1.82, 2.24) is 0 Å². The Kier molecular flexibility index (Phi) is 10.5. The van der Waals surface area contributed by atoms with Crippen LogP contribution in [-0.2, 0) is 4.74 Å². The molecule has 0 aromatic carbocycles. The molecule has 0 amide bonds. The third-order valence-corrected chi connectivity index (χ3v) is 0.773. The quantitative estimate of drug-likeness (QED) is 0.408. The number of hydrogen-bond donors (Lipinski definition) is 0. The summed E-state index contributed by atoms with van der Waals surface area (Å²) in [5.74, 6) is 0.232. The van der Waals surface area contributed by atoms with Crippen molar-refractivity contribution in [3.63, 3.8) is 0 Å². The standard InChI is InChI=1S/C5H9BF3O.K/c1-2-10-5-3-4-6(7,8)9;/h3-4H,2,5H2,1H3;/q-1;+1. The third kappa shape index (κ3) is 14.1. The number of rotatable bonds is 4. The predicted molar refractivity (Wildman–Crippen MR) is 34.7 cm³/mol. The van der Waals surface area contributed by atoms with Gasteiger partial charge in [0.1, 0.15) is 0 Å². The summed E-state index contributed by atoms with van der Waals surface area (Å²) in [5, 5.41) is 0. The van der Waals surface area contributed by atoms with Crippen LogP contribution in [0.4, 0.5) is 12.9 Å². The van der Waals surface area contributed by atoms with Gasteiger partial charge in [0.25, 0.3) is 0 Å². The molecule has 0 saturated heterocycles. The van der Waals surface area contributed by atoms with Crippen molar-refractivity contribution in [2.75, 3.05) is 13.2 Å². The molecule has 0 fully saturated rings. The van der Waals surface area contributed by atoms with Gasteiger partial charge in [-0.25, -0.2) is 0 Å². The molecule has 0 atom stereocenters. The maximum absolute atomic E-state index is 11.4. The van der Waals surface area contributed by atoms with Gasteiger partial charge in [-0.15, -0.1) is 5.98 Å². The van der Waals surface area contributed by atoms with Gasteiger partial charge in [-0.2, -0.15) is 0 Å². The summed E-state index contributed by atoms with van der Waals surface area (Å²) < 4.78 is 38.9. The maximum atomic E-state index is 11.4. The van der Waals surface area contributed by atoms with Crippen molar-refractivity contribution >= 4 is 6.98 Å². The van der Waals surface area contributed by atoms with E-state index in [0.29, 0.717) is 6.61 Å². The van der Waals surface area contributed by atoms with Crippen molar-refractivity contribution in [1.29, 1.82) is 0 Å². The van der Waals surface area contributed by atoms with E-state index < -0.39 is 6.98 Å². The van der Waals surface area contributed by atoms with E-state index in [1.165, 1.54) is 0 Å². The van der Waals surface area contributed by atoms with E-state index in [0.717, 1.165) is 6.08 Å². The van der Waals surface area contributed by atoms with Crippen LogP contribution >= 0.6 is 0 Å². The van der Waals surface area contributed by atoms with Gasteiger partial charge >= 0.3 is 58.4 Å². The minimum atomic E-state index is -4.78. The zero-order chi connectivity index (χ0) is 8.04. The summed E-state index contributed by atoms with van der Waals surface area (Å²) in [4.78, 5) is 0. The molecule has 0 aromatic rings. The molecule has 0 rings (SSSR count). The normalized spacial score (nSPS) is 11.6. The van der Waals surface area contributed by atoms with Crippen LogP contribution in [0.15, 0.2) is 12.1 Å². The van der Waals surface area contributed by atoms with E-state index in [-0.39, 0.29) is 64.0 Å². The molecular formula is C5H9BF3KO. The van der Waals surface area contributed by atoms with Crippen LogP contribution in [0.3, 0.4) is 0 Å². The zero-order valence-corrected chi connectivity index (χ0v) is 9.81. The molecule has 6 heteroatoms. The van der Waals surface area contributed by atoms with E-state index >= 15 is 0 Å². The van der Waals surface area contributed by atoms with Crippen molar-refractivity contribution in [3.05, 3.63) is 12.1 Å². The van der Waals surface area contributed by atoms with Gasteiger partial charge in [-0.3, -0.25) is 0 Å². The molecule has 0 unspecified atom stereocenters. The first kappa shape index (κ1) is 14.7. The summed E-state index contributed by atoms with van der Waals surface area (Å²) in [5.41, 5.74) is 0. The molecule has 11 heavy (non-hydrogen) atoms. The van der Waals surface area contributed by atoms with Crippen LogP contribution in [-0.4, -0.2) is 20.2 Å². The number of hydrogen-bond acceptors (Lipinski definition) is 1. The van der Waals surface area contributed by atoms with E-state index in [2.05, 4.69) is 4.74 Å². The SMILES string of the molecule is CCOCC=C[B-](F)(F)F.[K+]. The monoisotopic (exact) mass is 192 g/mol. The fourth-order valence-corrected chi connectivity index (χ4v) is 0.396. The largest absolute Gasteiger partial charge is 1.00 e. The summed E-state index contributed by atoms with van der Waals surface area (Å²) in [6.07, 6.45) is 0.976. The molecule has 0 spiro atoms. The molecule has 0 aromatic heterocycles. The van der Waals surface area contributed by atoms with Crippen LogP contribution in [0.5, 0.6) is 0 Å². The van der Waals surface area contributed by atoms with Gasteiger partial charge in [0.2, 0.25) is 0 Å². The molecule has 0 aliphatic carbocycles. The Balaban J connectivity index is 0. The Labute approximate surface area is 107 Å². The van der Waals surface area contributed by atoms with Gasteiger partial charge in [-0.05, 0) is 6.92 Å². The first-order valence-corrected chi connectivity index (χ1v) is 3.01. The second-order valence-corrected chi connectivity index (χ2v) is 1.71. The third-order valence-electron chi connectivity index (χ3n) is 0.773. The van der Waals surface area contributed by atoms with Gasteiger partial charge in [0.15, 0.2) is 0 Å². The molecule has 0 saturated carbocycles. The summed E-state index contributed by atoms with van der Waals surface area (Å²) >= 11 is 0. The molecule has 0 radical (unpaired) electrons. The fourth-order valence-electron chi connectivity index (χ4n) is 0.396. The molecule has 0 aliphatic heterocycles. The zero-order valence-electron chi connectivity index (χ0n) is 6.69. The average Bonchev–Trinajstić information content (AvgIpc) is 1.78. The molecule has 0 heterocycles. The molecule has 0 N–H and O–H groups in total.